The van der Waals surface area contributed by atoms with Crippen LogP contribution in [0.4, 0.5) is 11.4 Å². The number of benzene rings is 6. The van der Waals surface area contributed by atoms with Gasteiger partial charge in [0.05, 0.1) is 11.4 Å². The molecule has 0 aliphatic carbocycles. The molecule has 6 aromatic carbocycles. The summed E-state index contributed by atoms with van der Waals surface area (Å²) in [6.07, 6.45) is 0. The summed E-state index contributed by atoms with van der Waals surface area (Å²) in [6, 6.07) is 56.6. The molecule has 0 heterocycles. The van der Waals surface area contributed by atoms with Gasteiger partial charge in [-0.15, -0.1) is 0 Å². The van der Waals surface area contributed by atoms with Crippen LogP contribution in [0.2, 0.25) is 0 Å². The zero-order chi connectivity index (χ0) is 31.8. The van der Waals surface area contributed by atoms with Crippen LogP contribution >= 0.6 is 7.26 Å². The molecule has 0 radical (unpaired) electrons. The topological polar surface area (TPSA) is 84.2 Å². The van der Waals surface area contributed by atoms with E-state index in [9.17, 15) is 9.59 Å². The van der Waals surface area contributed by atoms with Crippen LogP contribution < -0.4 is 32.3 Å². The van der Waals surface area contributed by atoms with Crippen LogP contribution in [-0.4, -0.2) is 11.8 Å². The van der Waals surface area contributed by atoms with E-state index in [0.717, 1.165) is 21.5 Å². The molecule has 2 amide bonds. The molecule has 224 valence electrons. The van der Waals surface area contributed by atoms with Crippen LogP contribution in [0, 0.1) is 0 Å². The number of hydrogen-bond acceptors (Lipinski definition) is 3. The van der Waals surface area contributed by atoms with Crippen molar-refractivity contribution in [1.29, 1.82) is 0 Å². The van der Waals surface area contributed by atoms with Gasteiger partial charge >= 0.3 is 0 Å². The molecule has 46 heavy (non-hydrogen) atoms. The maximum Gasteiger partial charge on any atom is 0.276 e. The third kappa shape index (κ3) is 6.10. The summed E-state index contributed by atoms with van der Waals surface area (Å²) in [6.45, 7) is 0. The number of nitrogen functional groups attached to an aromatic ring is 1. The number of hydrogen-bond donors (Lipinski definition) is 3. The number of carbonyl (C=O) groups excluding carboxylic acids is 2. The van der Waals surface area contributed by atoms with Crippen molar-refractivity contribution in [1.82, 2.24) is 5.32 Å². The van der Waals surface area contributed by atoms with Gasteiger partial charge in [-0.2, -0.15) is 0 Å². The highest BCUT2D eigenvalue weighted by molar-refractivity contribution is 8.03. The van der Waals surface area contributed by atoms with Gasteiger partial charge in [-0.3, -0.25) is 9.59 Å². The van der Waals surface area contributed by atoms with Gasteiger partial charge in [0.25, 0.3) is 11.8 Å². The Morgan fingerprint density at radius 2 is 0.870 bits per heavy atom. The predicted octanol–water partition coefficient (Wildman–Crippen LogP) is 7.00. The van der Waals surface area contributed by atoms with Crippen molar-refractivity contribution in [2.45, 2.75) is 0 Å². The van der Waals surface area contributed by atoms with Crippen LogP contribution in [-0.2, 0) is 4.79 Å². The Morgan fingerprint density at radius 1 is 0.478 bits per heavy atom. The van der Waals surface area contributed by atoms with Crippen molar-refractivity contribution >= 4 is 51.7 Å². The van der Waals surface area contributed by atoms with Crippen molar-refractivity contribution < 1.29 is 9.59 Å². The minimum atomic E-state index is -2.89. The van der Waals surface area contributed by atoms with Crippen molar-refractivity contribution in [3.8, 4) is 0 Å². The van der Waals surface area contributed by atoms with Crippen LogP contribution in [0.25, 0.3) is 5.31 Å². The zero-order valence-electron chi connectivity index (χ0n) is 25.1. The first-order chi connectivity index (χ1) is 22.6. The fourth-order valence-electron chi connectivity index (χ4n) is 5.69. The Balaban J connectivity index is 1.75. The van der Waals surface area contributed by atoms with E-state index in [1.807, 2.05) is 103 Å². The van der Waals surface area contributed by atoms with Gasteiger partial charge in [0.1, 0.15) is 28.5 Å². The lowest BCUT2D eigenvalue weighted by Gasteiger charge is -2.31. The minimum Gasteiger partial charge on any atom is -0.397 e. The fourth-order valence-corrected chi connectivity index (χ4v) is 10.2. The molecule has 6 aromatic rings. The maximum absolute atomic E-state index is 14.8. The Labute approximate surface area is 269 Å². The highest BCUT2D eigenvalue weighted by Gasteiger charge is 2.52. The van der Waals surface area contributed by atoms with E-state index in [2.05, 4.69) is 47.0 Å². The van der Waals surface area contributed by atoms with Gasteiger partial charge in [-0.05, 0) is 60.7 Å². The zero-order valence-corrected chi connectivity index (χ0v) is 26.0. The lowest BCUT2D eigenvalue weighted by molar-refractivity contribution is -0.113. The number of para-hydroxylation sites is 2. The first kappa shape index (κ1) is 30.3. The number of nitrogens with one attached hydrogen (secondary N) is 2. The van der Waals surface area contributed by atoms with Gasteiger partial charge in [0.15, 0.2) is 5.70 Å². The second-order valence-corrected chi connectivity index (χ2v) is 14.0. The van der Waals surface area contributed by atoms with Crippen LogP contribution in [0.1, 0.15) is 15.9 Å². The highest BCUT2D eigenvalue weighted by atomic mass is 31.2. The molecule has 0 unspecified atom stereocenters. The average molecular weight is 619 g/mol. The molecular weight excluding hydrogens is 585 g/mol. The highest BCUT2D eigenvalue weighted by Crippen LogP contribution is 2.67. The SMILES string of the molecule is Nc1ccccc1NC(=O)C(NC(=O)c1ccccc1)=C(c1ccccc1)[P+](c1ccccc1)(c1ccccc1)c1ccccc1. The third-order valence-electron chi connectivity index (χ3n) is 7.76. The van der Waals surface area contributed by atoms with Gasteiger partial charge in [-0.25, -0.2) is 0 Å². The Morgan fingerprint density at radius 3 is 1.33 bits per heavy atom. The predicted molar refractivity (Wildman–Crippen MR) is 192 cm³/mol. The molecule has 0 fully saturated rings. The standard InChI is InChI=1S/C40H32N3O2P/c41-35-28-16-17-29-36(35)42-40(45)37(43-39(44)31-20-8-2-9-21-31)38(30-18-6-1-7-19-30)46(32-22-10-3-11-23-32,33-24-12-4-13-25-33)34-26-14-5-15-27-34/h1-29H,41H2,(H-,42,43,44,45)/p+1. The first-order valence-electron chi connectivity index (χ1n) is 15.0. The summed E-state index contributed by atoms with van der Waals surface area (Å²) in [4.78, 5) is 28.8. The summed E-state index contributed by atoms with van der Waals surface area (Å²) in [7, 11) is -2.89. The lowest BCUT2D eigenvalue weighted by Crippen LogP contribution is -2.37. The smallest absolute Gasteiger partial charge is 0.276 e. The van der Waals surface area contributed by atoms with E-state index in [0.29, 0.717) is 22.3 Å². The third-order valence-corrected chi connectivity index (χ3v) is 12.1. The lowest BCUT2D eigenvalue weighted by atomic mass is 10.1. The van der Waals surface area contributed by atoms with E-state index in [4.69, 9.17) is 5.73 Å². The number of rotatable bonds is 9. The molecule has 0 saturated heterocycles. The second-order valence-electron chi connectivity index (χ2n) is 10.6. The monoisotopic (exact) mass is 618 g/mol. The van der Waals surface area contributed by atoms with Crippen molar-refractivity contribution in [2.75, 3.05) is 11.1 Å². The normalized spacial score (nSPS) is 11.7. The largest absolute Gasteiger partial charge is 0.397 e. The molecule has 0 aromatic heterocycles. The van der Waals surface area contributed by atoms with Gasteiger partial charge < -0.3 is 16.4 Å². The van der Waals surface area contributed by atoms with E-state index < -0.39 is 19.1 Å². The minimum absolute atomic E-state index is 0.146. The van der Waals surface area contributed by atoms with Crippen molar-refractivity contribution in [3.63, 3.8) is 0 Å². The maximum atomic E-state index is 14.8. The Kier molecular flexibility index (Phi) is 9.14. The molecule has 4 N–H and O–H groups in total. The van der Waals surface area contributed by atoms with Crippen molar-refractivity contribution in [2.24, 2.45) is 0 Å². The van der Waals surface area contributed by atoms with Gasteiger partial charge in [0, 0.05) is 11.1 Å². The molecule has 5 nitrogen and oxygen atoms in total. The molecule has 0 aliphatic rings. The molecule has 0 bridgehead atoms. The van der Waals surface area contributed by atoms with Crippen LogP contribution in [0.5, 0.6) is 0 Å². The summed E-state index contributed by atoms with van der Waals surface area (Å²) in [5, 5.41) is 9.94. The quantitative estimate of drug-likeness (QED) is 0.0927. The van der Waals surface area contributed by atoms with E-state index in [1.54, 1.807) is 36.4 Å². The Hall–Kier alpha value is -5.77. The fraction of sp³-hybridized carbons (Fsp3) is 0. The van der Waals surface area contributed by atoms with Crippen LogP contribution in [0.15, 0.2) is 182 Å². The van der Waals surface area contributed by atoms with E-state index >= 15 is 0 Å². The molecule has 0 aliphatic heterocycles. The second kappa shape index (κ2) is 13.9. The molecule has 0 atom stereocenters. The molecule has 6 heteroatoms. The summed E-state index contributed by atoms with van der Waals surface area (Å²) < 4.78 is 0. The number of amides is 2. The number of nitrogens with two attached hydrogens (primary N) is 1. The molecule has 0 spiro atoms. The summed E-state index contributed by atoms with van der Waals surface area (Å²) in [5.74, 6) is -0.874. The summed E-state index contributed by atoms with van der Waals surface area (Å²) >= 11 is 0. The van der Waals surface area contributed by atoms with Gasteiger partial charge in [-0.1, -0.05) is 115 Å². The van der Waals surface area contributed by atoms with E-state index in [-0.39, 0.29) is 5.70 Å². The van der Waals surface area contributed by atoms with Crippen molar-refractivity contribution in [3.05, 3.63) is 193 Å². The summed E-state index contributed by atoms with van der Waals surface area (Å²) in [5.41, 5.74) is 8.56. The average Bonchev–Trinajstić information content (AvgIpc) is 3.12. The van der Waals surface area contributed by atoms with Gasteiger partial charge in [0.2, 0.25) is 0 Å². The van der Waals surface area contributed by atoms with E-state index in [1.165, 1.54) is 0 Å². The number of carbonyl (C=O) groups is 2. The molecule has 6 rings (SSSR count). The molecular formula is C40H33N3O2P+. The molecule has 0 saturated carbocycles. The number of anilines is 2. The Bertz CT molecular complexity index is 1870. The first-order valence-corrected chi connectivity index (χ1v) is 16.8. The van der Waals surface area contributed by atoms with Crippen LogP contribution in [0.3, 0.4) is 0 Å².